The van der Waals surface area contributed by atoms with Gasteiger partial charge in [-0.2, -0.15) is 0 Å². The summed E-state index contributed by atoms with van der Waals surface area (Å²) in [5.74, 6) is 0.260. The van der Waals surface area contributed by atoms with Gasteiger partial charge < -0.3 is 25.8 Å². The van der Waals surface area contributed by atoms with Crippen LogP contribution in [0.5, 0.6) is 11.6 Å². The topological polar surface area (TPSA) is 80.3 Å². The van der Waals surface area contributed by atoms with E-state index in [4.69, 9.17) is 12.2 Å². The zero-order valence-corrected chi connectivity index (χ0v) is 10.1. The lowest BCUT2D eigenvalue weighted by Crippen LogP contribution is -2.37. The predicted octanol–water partition coefficient (Wildman–Crippen LogP) is 1.82. The van der Waals surface area contributed by atoms with Gasteiger partial charge in [-0.05, 0) is 29.9 Å². The lowest BCUT2D eigenvalue weighted by atomic mass is 9.98. The van der Waals surface area contributed by atoms with Crippen LogP contribution in [0.4, 0.5) is 5.69 Å². The van der Waals surface area contributed by atoms with Gasteiger partial charge in [0.25, 0.3) is 0 Å². The number of aromatic amines is 1. The van der Waals surface area contributed by atoms with Gasteiger partial charge in [-0.25, -0.2) is 0 Å². The number of benzene rings is 1. The van der Waals surface area contributed by atoms with Crippen LogP contribution in [0, 0.1) is 0 Å². The molecule has 1 aliphatic rings. The molecule has 1 atom stereocenters. The van der Waals surface area contributed by atoms with Crippen LogP contribution >= 0.6 is 12.2 Å². The fourth-order valence-electron chi connectivity index (χ4n) is 2.14. The number of thiocarbonyl (C=S) groups is 1. The van der Waals surface area contributed by atoms with Gasteiger partial charge in [-0.1, -0.05) is 12.1 Å². The molecular weight excluding hydrogens is 250 g/mol. The highest BCUT2D eigenvalue weighted by atomic mass is 32.1. The molecule has 0 saturated carbocycles. The lowest BCUT2D eigenvalue weighted by molar-refractivity contribution is 0.445. The Morgan fingerprint density at radius 2 is 2.06 bits per heavy atom. The van der Waals surface area contributed by atoms with Crippen molar-refractivity contribution in [3.8, 4) is 11.6 Å². The molecule has 0 aliphatic carbocycles. The minimum atomic E-state index is -0.285. The zero-order chi connectivity index (χ0) is 12.7. The Hall–Kier alpha value is -2.21. The van der Waals surface area contributed by atoms with E-state index in [-0.39, 0.29) is 17.7 Å². The second-order valence-corrected chi connectivity index (χ2v) is 4.50. The molecule has 0 bridgehead atoms. The molecular formula is C12H11N3O2S. The first-order valence-electron chi connectivity index (χ1n) is 5.42. The normalized spacial score (nSPS) is 17.8. The number of aromatic nitrogens is 1. The van der Waals surface area contributed by atoms with Crippen molar-refractivity contribution in [1.82, 2.24) is 10.3 Å². The number of aromatic hydroxyl groups is 2. The highest BCUT2D eigenvalue weighted by Gasteiger charge is 2.28. The molecule has 5 N–H and O–H groups in total. The third-order valence-corrected chi connectivity index (χ3v) is 3.13. The predicted molar refractivity (Wildman–Crippen MR) is 71.8 cm³/mol. The summed E-state index contributed by atoms with van der Waals surface area (Å²) in [7, 11) is 0. The molecule has 5 nitrogen and oxygen atoms in total. The Morgan fingerprint density at radius 3 is 2.83 bits per heavy atom. The maximum absolute atomic E-state index is 9.84. The summed E-state index contributed by atoms with van der Waals surface area (Å²) in [4.78, 5) is 2.74. The molecule has 2 aromatic rings. The fraction of sp³-hybridized carbons (Fsp3) is 0.0833. The number of H-pyrrole nitrogens is 1. The Bertz CT molecular complexity index is 624. The number of phenols is 1. The fourth-order valence-corrected chi connectivity index (χ4v) is 2.36. The third-order valence-electron chi connectivity index (χ3n) is 2.91. The summed E-state index contributed by atoms with van der Waals surface area (Å²) < 4.78 is 0. The van der Waals surface area contributed by atoms with Gasteiger partial charge >= 0.3 is 0 Å². The van der Waals surface area contributed by atoms with E-state index in [2.05, 4.69) is 15.6 Å². The number of fused-ring (bicyclic) bond motifs is 1. The molecule has 18 heavy (non-hydrogen) atoms. The quantitative estimate of drug-likeness (QED) is 0.506. The molecule has 92 valence electrons. The van der Waals surface area contributed by atoms with Crippen molar-refractivity contribution in [2.45, 2.75) is 6.04 Å². The van der Waals surface area contributed by atoms with Crippen molar-refractivity contribution in [3.05, 3.63) is 41.6 Å². The van der Waals surface area contributed by atoms with Crippen molar-refractivity contribution in [3.63, 3.8) is 0 Å². The van der Waals surface area contributed by atoms with Gasteiger partial charge in [-0.15, -0.1) is 0 Å². The third kappa shape index (κ3) is 1.67. The monoisotopic (exact) mass is 261 g/mol. The Balaban J connectivity index is 2.12. The van der Waals surface area contributed by atoms with Crippen molar-refractivity contribution < 1.29 is 10.2 Å². The lowest BCUT2D eigenvalue weighted by Gasteiger charge is -2.27. The smallest absolute Gasteiger partial charge is 0.196 e. The molecule has 1 aliphatic heterocycles. The largest absolute Gasteiger partial charge is 0.508 e. The molecule has 1 aromatic carbocycles. The van der Waals surface area contributed by atoms with Crippen LogP contribution in [0.1, 0.15) is 17.2 Å². The van der Waals surface area contributed by atoms with E-state index in [0.29, 0.717) is 10.7 Å². The van der Waals surface area contributed by atoms with Gasteiger partial charge in [0.2, 0.25) is 0 Å². The number of rotatable bonds is 1. The van der Waals surface area contributed by atoms with Crippen molar-refractivity contribution in [1.29, 1.82) is 0 Å². The van der Waals surface area contributed by atoms with Gasteiger partial charge in [0, 0.05) is 6.20 Å². The Labute approximate surface area is 108 Å². The van der Waals surface area contributed by atoms with Gasteiger partial charge in [0.05, 0.1) is 17.3 Å². The summed E-state index contributed by atoms with van der Waals surface area (Å²) in [5, 5.41) is 25.9. The van der Waals surface area contributed by atoms with Crippen LogP contribution in [0.25, 0.3) is 0 Å². The molecule has 1 unspecified atom stereocenters. The van der Waals surface area contributed by atoms with Crippen LogP contribution < -0.4 is 10.6 Å². The average molecular weight is 261 g/mol. The maximum atomic E-state index is 9.84. The zero-order valence-electron chi connectivity index (χ0n) is 9.27. The average Bonchev–Trinajstić information content (AvgIpc) is 2.70. The Kier molecular flexibility index (Phi) is 2.38. The molecule has 3 rings (SSSR count). The molecule has 0 fully saturated rings. The van der Waals surface area contributed by atoms with E-state index < -0.39 is 0 Å². The second-order valence-electron chi connectivity index (χ2n) is 4.09. The van der Waals surface area contributed by atoms with E-state index in [0.717, 1.165) is 11.3 Å². The van der Waals surface area contributed by atoms with Crippen LogP contribution in [0.2, 0.25) is 0 Å². The van der Waals surface area contributed by atoms with Gasteiger partial charge in [0.1, 0.15) is 5.75 Å². The summed E-state index contributed by atoms with van der Waals surface area (Å²) in [6, 6.07) is 6.57. The maximum Gasteiger partial charge on any atom is 0.196 e. The van der Waals surface area contributed by atoms with E-state index in [1.165, 1.54) is 0 Å². The number of hydrogen-bond donors (Lipinski definition) is 5. The standard InChI is InChI=1S/C12H11N3O2S/c16-7-3-1-2-6(4-7)10-9-8(5-13-11(9)17)14-12(18)15-10/h1-5,10,13,16-17H,(H2,14,15,18). The van der Waals surface area contributed by atoms with E-state index in [1.54, 1.807) is 24.4 Å². The van der Waals surface area contributed by atoms with Crippen LogP contribution in [-0.2, 0) is 0 Å². The minimum Gasteiger partial charge on any atom is -0.508 e. The van der Waals surface area contributed by atoms with Crippen molar-refractivity contribution in [2.75, 3.05) is 5.32 Å². The molecule has 0 radical (unpaired) electrons. The van der Waals surface area contributed by atoms with Crippen LogP contribution in [-0.4, -0.2) is 20.3 Å². The highest BCUT2D eigenvalue weighted by Crippen LogP contribution is 2.38. The number of hydrogen-bond acceptors (Lipinski definition) is 3. The number of anilines is 1. The van der Waals surface area contributed by atoms with E-state index in [1.807, 2.05) is 6.07 Å². The molecule has 1 aromatic heterocycles. The van der Waals surface area contributed by atoms with Crippen molar-refractivity contribution >= 4 is 23.0 Å². The van der Waals surface area contributed by atoms with E-state index in [9.17, 15) is 10.2 Å². The molecule has 2 heterocycles. The number of nitrogens with one attached hydrogen (secondary N) is 3. The molecule has 6 heteroatoms. The van der Waals surface area contributed by atoms with Crippen molar-refractivity contribution in [2.24, 2.45) is 0 Å². The summed E-state index contributed by atoms with van der Waals surface area (Å²) in [5.41, 5.74) is 2.26. The first kappa shape index (κ1) is 10.9. The summed E-state index contributed by atoms with van der Waals surface area (Å²) in [6.45, 7) is 0. The van der Waals surface area contributed by atoms with E-state index >= 15 is 0 Å². The molecule has 0 amide bonds. The molecule has 0 spiro atoms. The summed E-state index contributed by atoms with van der Waals surface area (Å²) in [6.07, 6.45) is 1.66. The number of phenolic OH excluding ortho intramolecular Hbond substituents is 1. The van der Waals surface area contributed by atoms with Gasteiger partial charge in [-0.3, -0.25) is 0 Å². The first-order chi connectivity index (χ1) is 8.65. The minimum absolute atomic E-state index is 0.0841. The Morgan fingerprint density at radius 1 is 1.22 bits per heavy atom. The second kappa shape index (κ2) is 3.92. The van der Waals surface area contributed by atoms with Crippen LogP contribution in [0.3, 0.4) is 0 Å². The molecule has 0 saturated heterocycles. The highest BCUT2D eigenvalue weighted by molar-refractivity contribution is 7.80. The van der Waals surface area contributed by atoms with Crippen LogP contribution in [0.15, 0.2) is 30.5 Å². The van der Waals surface area contributed by atoms with Gasteiger partial charge in [0.15, 0.2) is 11.0 Å². The summed E-state index contributed by atoms with van der Waals surface area (Å²) >= 11 is 5.12. The first-order valence-corrected chi connectivity index (χ1v) is 5.82. The SMILES string of the molecule is Oc1cccc(C2NC(=S)Nc3c[nH]c(O)c32)c1.